The number of amides is 2. The minimum atomic E-state index is -0.641. The van der Waals surface area contributed by atoms with E-state index in [-0.39, 0.29) is 19.0 Å². The summed E-state index contributed by atoms with van der Waals surface area (Å²) in [7, 11) is 0. The Balaban J connectivity index is 1.91. The fourth-order valence-corrected chi connectivity index (χ4v) is 2.66. The molecule has 0 unspecified atom stereocenters. The number of ether oxygens (including phenoxy) is 2. The Morgan fingerprint density at radius 2 is 2.14 bits per heavy atom. The van der Waals surface area contributed by atoms with Gasteiger partial charge in [-0.2, -0.15) is 0 Å². The van der Waals surface area contributed by atoms with Gasteiger partial charge >= 0.3 is 6.09 Å². The number of hydrogen-bond acceptors (Lipinski definition) is 6. The van der Waals surface area contributed by atoms with Gasteiger partial charge < -0.3 is 25.4 Å². The van der Waals surface area contributed by atoms with Crippen molar-refractivity contribution in [2.75, 3.05) is 31.7 Å². The summed E-state index contributed by atoms with van der Waals surface area (Å²) in [6.07, 6.45) is -0.516. The van der Waals surface area contributed by atoms with Crippen molar-refractivity contribution in [3.8, 4) is 0 Å². The van der Waals surface area contributed by atoms with Gasteiger partial charge in [0.25, 0.3) is 5.91 Å². The van der Waals surface area contributed by atoms with E-state index in [2.05, 4.69) is 10.5 Å². The molecule has 29 heavy (non-hydrogen) atoms. The predicted octanol–water partition coefficient (Wildman–Crippen LogP) is 2.51. The van der Waals surface area contributed by atoms with Crippen LogP contribution in [0.5, 0.6) is 0 Å². The number of nitrogens with two attached hydrogens (primary N) is 1. The number of morpholine rings is 1. The molecular weight excluding hydrogens is 400 g/mol. The van der Waals surface area contributed by atoms with Gasteiger partial charge in [-0.3, -0.25) is 9.69 Å². The molecule has 9 nitrogen and oxygen atoms in total. The molecule has 0 saturated carbocycles. The fourth-order valence-electron chi connectivity index (χ4n) is 2.48. The maximum atomic E-state index is 12.4. The maximum Gasteiger partial charge on any atom is 0.411 e. The number of anilines is 1. The van der Waals surface area contributed by atoms with Gasteiger partial charge in [0.2, 0.25) is 0 Å². The molecule has 1 saturated heterocycles. The molecule has 1 aliphatic heterocycles. The summed E-state index contributed by atoms with van der Waals surface area (Å²) in [5, 5.41) is 6.96. The standard InChI is InChI=1S/C19H27ClN4O5/c1-12-5-6-13(9-14(12)20)22-16(25)11-28-23-17(21)15-10-27-8-7-24(15)18(26)29-19(2,3)4/h5-6,9,15H,7-8,10-11H2,1-4H3,(H2,21,23)(H,22,25)/t15-/m0/s1. The lowest BCUT2D eigenvalue weighted by molar-refractivity contribution is -0.120. The molecule has 10 heteroatoms. The summed E-state index contributed by atoms with van der Waals surface area (Å²) in [5.74, 6) is -0.410. The highest BCUT2D eigenvalue weighted by Crippen LogP contribution is 2.20. The van der Waals surface area contributed by atoms with Crippen molar-refractivity contribution >= 4 is 35.1 Å². The Labute approximate surface area is 175 Å². The highest BCUT2D eigenvalue weighted by Gasteiger charge is 2.33. The third kappa shape index (κ3) is 7.10. The van der Waals surface area contributed by atoms with Gasteiger partial charge in [-0.05, 0) is 45.4 Å². The Bertz CT molecular complexity index is 778. The molecule has 0 bridgehead atoms. The molecule has 160 valence electrons. The van der Waals surface area contributed by atoms with Crippen molar-refractivity contribution in [3.63, 3.8) is 0 Å². The number of nitrogens with one attached hydrogen (secondary N) is 1. The topological polar surface area (TPSA) is 115 Å². The smallest absolute Gasteiger partial charge is 0.411 e. The first-order chi connectivity index (χ1) is 13.6. The van der Waals surface area contributed by atoms with Gasteiger partial charge in [0.15, 0.2) is 12.4 Å². The summed E-state index contributed by atoms with van der Waals surface area (Å²) >= 11 is 6.03. The molecular formula is C19H27ClN4O5. The number of amidine groups is 1. The molecule has 0 aliphatic carbocycles. The van der Waals surface area contributed by atoms with Crippen molar-refractivity contribution in [1.82, 2.24) is 4.90 Å². The van der Waals surface area contributed by atoms with Crippen molar-refractivity contribution in [2.24, 2.45) is 10.9 Å². The highest BCUT2D eigenvalue weighted by atomic mass is 35.5. The van der Waals surface area contributed by atoms with Crippen LogP contribution in [0.15, 0.2) is 23.4 Å². The van der Waals surface area contributed by atoms with Crippen molar-refractivity contribution in [1.29, 1.82) is 0 Å². The summed E-state index contributed by atoms with van der Waals surface area (Å²) < 4.78 is 10.8. The first-order valence-corrected chi connectivity index (χ1v) is 9.53. The molecule has 2 rings (SSSR count). The van der Waals surface area contributed by atoms with Crippen LogP contribution in [0.3, 0.4) is 0 Å². The van der Waals surface area contributed by atoms with Crippen LogP contribution in [0, 0.1) is 6.92 Å². The van der Waals surface area contributed by atoms with Gasteiger partial charge in [-0.25, -0.2) is 4.79 Å². The van der Waals surface area contributed by atoms with Crippen LogP contribution in [0.25, 0.3) is 0 Å². The second kappa shape index (κ2) is 9.80. The number of carbonyl (C=O) groups excluding carboxylic acids is 2. The first-order valence-electron chi connectivity index (χ1n) is 9.15. The van der Waals surface area contributed by atoms with E-state index in [1.54, 1.807) is 39.0 Å². The number of oxime groups is 1. The zero-order valence-corrected chi connectivity index (χ0v) is 17.8. The quantitative estimate of drug-likeness (QED) is 0.424. The van der Waals surface area contributed by atoms with E-state index >= 15 is 0 Å². The van der Waals surface area contributed by atoms with Gasteiger partial charge in [0.1, 0.15) is 11.6 Å². The van der Waals surface area contributed by atoms with Crippen molar-refractivity contribution in [3.05, 3.63) is 28.8 Å². The van der Waals surface area contributed by atoms with E-state index in [1.165, 1.54) is 4.90 Å². The molecule has 2 amide bonds. The number of aryl methyl sites for hydroxylation is 1. The van der Waals surface area contributed by atoms with Crippen LogP contribution in [0.1, 0.15) is 26.3 Å². The number of rotatable bonds is 5. The molecule has 1 aliphatic rings. The number of nitrogens with zero attached hydrogens (tertiary/aromatic N) is 2. The van der Waals surface area contributed by atoms with Gasteiger partial charge in [-0.15, -0.1) is 0 Å². The number of hydrogen-bond donors (Lipinski definition) is 2. The summed E-state index contributed by atoms with van der Waals surface area (Å²) in [6.45, 7) is 7.68. The van der Waals surface area contributed by atoms with Gasteiger partial charge in [0, 0.05) is 17.3 Å². The Morgan fingerprint density at radius 1 is 1.41 bits per heavy atom. The van der Waals surface area contributed by atoms with E-state index in [9.17, 15) is 9.59 Å². The molecule has 1 fully saturated rings. The number of carbonyl (C=O) groups is 2. The zero-order valence-electron chi connectivity index (χ0n) is 17.0. The van der Waals surface area contributed by atoms with Crippen LogP contribution in [0.4, 0.5) is 10.5 Å². The van der Waals surface area contributed by atoms with Crippen LogP contribution in [0.2, 0.25) is 5.02 Å². The minimum Gasteiger partial charge on any atom is -0.444 e. The monoisotopic (exact) mass is 426 g/mol. The van der Waals surface area contributed by atoms with E-state index < -0.39 is 23.6 Å². The molecule has 1 atom stereocenters. The molecule has 3 N–H and O–H groups in total. The Hall–Kier alpha value is -2.52. The highest BCUT2D eigenvalue weighted by molar-refractivity contribution is 6.31. The maximum absolute atomic E-state index is 12.4. The van der Waals surface area contributed by atoms with Crippen LogP contribution in [-0.4, -0.2) is 60.7 Å². The fraction of sp³-hybridized carbons (Fsp3) is 0.526. The number of halogens is 1. The average Bonchev–Trinajstić information content (AvgIpc) is 2.63. The second-order valence-electron chi connectivity index (χ2n) is 7.57. The normalized spacial score (nSPS) is 17.6. The average molecular weight is 427 g/mol. The lowest BCUT2D eigenvalue weighted by Crippen LogP contribution is -2.55. The van der Waals surface area contributed by atoms with Gasteiger partial charge in [-0.1, -0.05) is 22.8 Å². The summed E-state index contributed by atoms with van der Waals surface area (Å²) in [4.78, 5) is 30.9. The predicted molar refractivity (Wildman–Crippen MR) is 110 cm³/mol. The third-order valence-corrected chi connectivity index (χ3v) is 4.33. The Kier molecular flexibility index (Phi) is 7.69. The van der Waals surface area contributed by atoms with Crippen LogP contribution < -0.4 is 11.1 Å². The molecule has 0 aromatic heterocycles. The lowest BCUT2D eigenvalue weighted by atomic mass is 10.2. The van der Waals surface area contributed by atoms with E-state index in [1.807, 2.05) is 6.92 Å². The molecule has 1 aromatic rings. The van der Waals surface area contributed by atoms with Crippen molar-refractivity contribution < 1.29 is 23.9 Å². The summed E-state index contributed by atoms with van der Waals surface area (Å²) in [6, 6.07) is 4.53. The van der Waals surface area contributed by atoms with Gasteiger partial charge in [0.05, 0.1) is 13.2 Å². The minimum absolute atomic E-state index is 0.0155. The van der Waals surface area contributed by atoms with Crippen molar-refractivity contribution in [2.45, 2.75) is 39.3 Å². The Morgan fingerprint density at radius 3 is 2.79 bits per heavy atom. The van der Waals surface area contributed by atoms with Crippen LogP contribution >= 0.6 is 11.6 Å². The SMILES string of the molecule is Cc1ccc(NC(=O)CON=C(N)[C@@H]2COCCN2C(=O)OC(C)(C)C)cc1Cl. The van der Waals surface area contributed by atoms with E-state index in [0.29, 0.717) is 23.9 Å². The molecule has 1 heterocycles. The zero-order chi connectivity index (χ0) is 21.6. The first kappa shape index (κ1) is 22.8. The number of benzene rings is 1. The van der Waals surface area contributed by atoms with E-state index in [0.717, 1.165) is 5.56 Å². The third-order valence-electron chi connectivity index (χ3n) is 3.92. The largest absolute Gasteiger partial charge is 0.444 e. The summed E-state index contributed by atoms with van der Waals surface area (Å²) in [5.41, 5.74) is 6.77. The van der Waals surface area contributed by atoms with E-state index in [4.69, 9.17) is 31.6 Å². The lowest BCUT2D eigenvalue weighted by Gasteiger charge is -2.35. The molecule has 0 radical (unpaired) electrons. The second-order valence-corrected chi connectivity index (χ2v) is 7.97. The molecule has 1 aromatic carbocycles. The van der Waals surface area contributed by atoms with Crippen LogP contribution in [-0.2, 0) is 19.1 Å². The molecule has 0 spiro atoms.